The molecular formula is C12H17NS. The molecule has 0 aliphatic rings. The summed E-state index contributed by atoms with van der Waals surface area (Å²) in [5.41, 5.74) is 0.732. The molecule has 1 rings (SSSR count). The predicted octanol–water partition coefficient (Wildman–Crippen LogP) is 4.09. The van der Waals surface area contributed by atoms with E-state index in [1.807, 2.05) is 49.9 Å². The Labute approximate surface area is 91.1 Å². The summed E-state index contributed by atoms with van der Waals surface area (Å²) in [6.07, 6.45) is 1.19. The first-order valence-corrected chi connectivity index (χ1v) is 5.98. The van der Waals surface area contributed by atoms with Crippen LogP contribution >= 0.6 is 11.8 Å². The van der Waals surface area contributed by atoms with Gasteiger partial charge in [0.05, 0.1) is 11.6 Å². The first-order valence-electron chi connectivity index (χ1n) is 4.99. The highest BCUT2D eigenvalue weighted by Crippen LogP contribution is 2.18. The molecule has 0 atom stereocenters. The third kappa shape index (κ3) is 4.94. The van der Waals surface area contributed by atoms with Gasteiger partial charge in [0.25, 0.3) is 0 Å². The average Bonchev–Trinajstić information content (AvgIpc) is 2.30. The molecule has 76 valence electrons. The van der Waals surface area contributed by atoms with Crippen molar-refractivity contribution in [3.05, 3.63) is 29.8 Å². The molecular weight excluding hydrogens is 190 g/mol. The van der Waals surface area contributed by atoms with Crippen LogP contribution in [0.1, 0.15) is 32.8 Å². The Morgan fingerprint density at radius 2 is 1.79 bits per heavy atom. The molecule has 0 bridgehead atoms. The highest BCUT2D eigenvalue weighted by Gasteiger charge is 1.92. The lowest BCUT2D eigenvalue weighted by molar-refractivity contribution is 1.10. The predicted molar refractivity (Wildman–Crippen MR) is 63.5 cm³/mol. The molecule has 0 radical (unpaired) electrons. The van der Waals surface area contributed by atoms with Crippen molar-refractivity contribution in [2.45, 2.75) is 32.1 Å². The third-order valence-electron chi connectivity index (χ3n) is 1.46. The molecule has 0 fully saturated rings. The maximum Gasteiger partial charge on any atom is 0.0991 e. The second-order valence-corrected chi connectivity index (χ2v) is 3.65. The van der Waals surface area contributed by atoms with Crippen LogP contribution in [0, 0.1) is 11.3 Å². The standard InChI is InChI=1S/C10H11NS.C2H6/c1-2-7-12-10-5-3-9(8-11)4-6-10;1-2/h3-6H,2,7H2,1H3;1-2H3. The SMILES string of the molecule is CC.CCCSc1ccc(C#N)cc1. The minimum atomic E-state index is 0.732. The highest BCUT2D eigenvalue weighted by molar-refractivity contribution is 7.99. The Balaban J connectivity index is 0.000000791. The van der Waals surface area contributed by atoms with Gasteiger partial charge < -0.3 is 0 Å². The van der Waals surface area contributed by atoms with Gasteiger partial charge in [-0.1, -0.05) is 20.8 Å². The zero-order valence-electron chi connectivity index (χ0n) is 9.08. The zero-order valence-corrected chi connectivity index (χ0v) is 9.90. The number of hydrogen-bond acceptors (Lipinski definition) is 2. The third-order valence-corrected chi connectivity index (χ3v) is 2.67. The lowest BCUT2D eigenvalue weighted by atomic mass is 10.2. The van der Waals surface area contributed by atoms with Gasteiger partial charge in [0.2, 0.25) is 0 Å². The lowest BCUT2D eigenvalue weighted by Gasteiger charge is -1.97. The summed E-state index contributed by atoms with van der Waals surface area (Å²) >= 11 is 1.83. The quantitative estimate of drug-likeness (QED) is 0.697. The normalized spacial score (nSPS) is 8.43. The van der Waals surface area contributed by atoms with E-state index < -0.39 is 0 Å². The van der Waals surface area contributed by atoms with Crippen LogP contribution in [-0.4, -0.2) is 5.75 Å². The van der Waals surface area contributed by atoms with Gasteiger partial charge in [0.1, 0.15) is 0 Å². The van der Waals surface area contributed by atoms with Gasteiger partial charge in [-0.05, 0) is 36.4 Å². The van der Waals surface area contributed by atoms with Crippen LogP contribution in [0.15, 0.2) is 29.2 Å². The Morgan fingerprint density at radius 1 is 1.21 bits per heavy atom. The minimum Gasteiger partial charge on any atom is -0.192 e. The summed E-state index contributed by atoms with van der Waals surface area (Å²) in [4.78, 5) is 1.25. The fourth-order valence-electron chi connectivity index (χ4n) is 0.846. The van der Waals surface area contributed by atoms with Crippen molar-refractivity contribution in [2.75, 3.05) is 5.75 Å². The van der Waals surface area contributed by atoms with E-state index in [0.717, 1.165) is 11.3 Å². The van der Waals surface area contributed by atoms with Gasteiger partial charge in [0, 0.05) is 4.90 Å². The molecule has 14 heavy (non-hydrogen) atoms. The fourth-order valence-corrected chi connectivity index (χ4v) is 1.61. The Bertz CT molecular complexity index is 271. The minimum absolute atomic E-state index is 0.732. The fraction of sp³-hybridized carbons (Fsp3) is 0.417. The van der Waals surface area contributed by atoms with E-state index in [1.54, 1.807) is 0 Å². The van der Waals surface area contributed by atoms with Gasteiger partial charge in [0.15, 0.2) is 0 Å². The molecule has 0 saturated heterocycles. The van der Waals surface area contributed by atoms with Crippen LogP contribution in [0.2, 0.25) is 0 Å². The largest absolute Gasteiger partial charge is 0.192 e. The van der Waals surface area contributed by atoms with Crippen LogP contribution in [0.4, 0.5) is 0 Å². The smallest absolute Gasteiger partial charge is 0.0991 e. The average molecular weight is 207 g/mol. The highest BCUT2D eigenvalue weighted by atomic mass is 32.2. The van der Waals surface area contributed by atoms with Crippen molar-refractivity contribution in [2.24, 2.45) is 0 Å². The molecule has 0 aliphatic heterocycles. The summed E-state index contributed by atoms with van der Waals surface area (Å²) in [5.74, 6) is 1.14. The van der Waals surface area contributed by atoms with Crippen molar-refractivity contribution in [1.29, 1.82) is 5.26 Å². The summed E-state index contributed by atoms with van der Waals surface area (Å²) < 4.78 is 0. The molecule has 0 N–H and O–H groups in total. The Morgan fingerprint density at radius 3 is 2.21 bits per heavy atom. The number of hydrogen-bond donors (Lipinski definition) is 0. The van der Waals surface area contributed by atoms with Gasteiger partial charge in [-0.2, -0.15) is 5.26 Å². The molecule has 1 aromatic carbocycles. The van der Waals surface area contributed by atoms with E-state index in [2.05, 4.69) is 13.0 Å². The van der Waals surface area contributed by atoms with Crippen LogP contribution < -0.4 is 0 Å². The molecule has 0 aromatic heterocycles. The van der Waals surface area contributed by atoms with E-state index in [0.29, 0.717) is 0 Å². The van der Waals surface area contributed by atoms with Crippen LogP contribution in [0.3, 0.4) is 0 Å². The van der Waals surface area contributed by atoms with E-state index in [-0.39, 0.29) is 0 Å². The van der Waals surface area contributed by atoms with E-state index >= 15 is 0 Å². The molecule has 0 aliphatic carbocycles. The molecule has 2 heteroatoms. The van der Waals surface area contributed by atoms with Crippen LogP contribution in [-0.2, 0) is 0 Å². The molecule has 0 amide bonds. The van der Waals surface area contributed by atoms with Crippen molar-refractivity contribution < 1.29 is 0 Å². The van der Waals surface area contributed by atoms with Crippen molar-refractivity contribution in [3.8, 4) is 6.07 Å². The summed E-state index contributed by atoms with van der Waals surface area (Å²) in [6, 6.07) is 9.82. The Hall–Kier alpha value is -0.940. The van der Waals surface area contributed by atoms with Gasteiger partial charge >= 0.3 is 0 Å². The van der Waals surface area contributed by atoms with Crippen LogP contribution in [0.5, 0.6) is 0 Å². The zero-order chi connectivity index (χ0) is 10.8. The summed E-state index contributed by atoms with van der Waals surface area (Å²) in [7, 11) is 0. The maximum atomic E-state index is 8.55. The first kappa shape index (κ1) is 13.1. The first-order chi connectivity index (χ1) is 6.86. The molecule has 0 heterocycles. The second kappa shape index (κ2) is 8.65. The number of rotatable bonds is 3. The number of nitrogens with zero attached hydrogens (tertiary/aromatic N) is 1. The van der Waals surface area contributed by atoms with Crippen LogP contribution in [0.25, 0.3) is 0 Å². The van der Waals surface area contributed by atoms with Gasteiger partial charge in [-0.25, -0.2) is 0 Å². The van der Waals surface area contributed by atoms with Crippen molar-refractivity contribution in [1.82, 2.24) is 0 Å². The summed E-state index contributed by atoms with van der Waals surface area (Å²) in [6.45, 7) is 6.16. The van der Waals surface area contributed by atoms with Crippen molar-refractivity contribution in [3.63, 3.8) is 0 Å². The number of nitriles is 1. The molecule has 0 spiro atoms. The molecule has 0 saturated carbocycles. The lowest BCUT2D eigenvalue weighted by Crippen LogP contribution is -1.77. The van der Waals surface area contributed by atoms with E-state index in [9.17, 15) is 0 Å². The summed E-state index contributed by atoms with van der Waals surface area (Å²) in [5, 5.41) is 8.55. The number of benzene rings is 1. The van der Waals surface area contributed by atoms with E-state index in [1.165, 1.54) is 11.3 Å². The topological polar surface area (TPSA) is 23.8 Å². The number of thioether (sulfide) groups is 1. The molecule has 1 nitrogen and oxygen atoms in total. The van der Waals surface area contributed by atoms with Gasteiger partial charge in [-0.15, -0.1) is 11.8 Å². The molecule has 1 aromatic rings. The molecule has 0 unspecified atom stereocenters. The maximum absolute atomic E-state index is 8.55. The second-order valence-electron chi connectivity index (χ2n) is 2.48. The van der Waals surface area contributed by atoms with Crippen molar-refractivity contribution >= 4 is 11.8 Å². The van der Waals surface area contributed by atoms with E-state index in [4.69, 9.17) is 5.26 Å². The van der Waals surface area contributed by atoms with Gasteiger partial charge in [-0.3, -0.25) is 0 Å². The Kier molecular flexibility index (Phi) is 8.07. The monoisotopic (exact) mass is 207 g/mol.